The molecule has 1 atom stereocenters. The monoisotopic (exact) mass is 246 g/mol. The summed E-state index contributed by atoms with van der Waals surface area (Å²) in [6.07, 6.45) is 1.79. The van der Waals surface area contributed by atoms with Gasteiger partial charge in [0.15, 0.2) is 5.78 Å². The third-order valence-electron chi connectivity index (χ3n) is 3.31. The van der Waals surface area contributed by atoms with E-state index < -0.39 is 0 Å². The van der Waals surface area contributed by atoms with Crippen LogP contribution in [-0.4, -0.2) is 5.78 Å². The van der Waals surface area contributed by atoms with E-state index >= 15 is 0 Å². The van der Waals surface area contributed by atoms with Gasteiger partial charge in [0.1, 0.15) is 0 Å². The molecule has 100 valence electrons. The van der Waals surface area contributed by atoms with Crippen molar-refractivity contribution >= 4 is 5.78 Å². The summed E-state index contributed by atoms with van der Waals surface area (Å²) in [7, 11) is 0. The second-order valence-corrected chi connectivity index (χ2v) is 6.14. The van der Waals surface area contributed by atoms with Gasteiger partial charge in [-0.25, -0.2) is 0 Å². The van der Waals surface area contributed by atoms with Gasteiger partial charge in [0.25, 0.3) is 0 Å². The standard InChI is InChI=1S/C17H26O/c1-12(2)10-14(5)11-17(18)16-8-6-15(7-9-16)13(3)4/h6-9,12-14H,10-11H2,1-5H3. The third kappa shape index (κ3) is 4.64. The average Bonchev–Trinajstić information content (AvgIpc) is 2.27. The lowest BCUT2D eigenvalue weighted by Crippen LogP contribution is -2.08. The smallest absolute Gasteiger partial charge is 0.163 e. The van der Waals surface area contributed by atoms with Gasteiger partial charge in [-0.05, 0) is 29.7 Å². The van der Waals surface area contributed by atoms with Crippen LogP contribution in [0.1, 0.15) is 69.3 Å². The number of benzene rings is 1. The minimum absolute atomic E-state index is 0.276. The van der Waals surface area contributed by atoms with E-state index in [1.54, 1.807) is 0 Å². The van der Waals surface area contributed by atoms with E-state index in [2.05, 4.69) is 46.8 Å². The molecule has 0 radical (unpaired) electrons. The zero-order valence-electron chi connectivity index (χ0n) is 12.4. The Morgan fingerprint density at radius 1 is 1.00 bits per heavy atom. The molecule has 0 aliphatic heterocycles. The zero-order valence-corrected chi connectivity index (χ0v) is 12.4. The second-order valence-electron chi connectivity index (χ2n) is 6.14. The summed E-state index contributed by atoms with van der Waals surface area (Å²) < 4.78 is 0. The summed E-state index contributed by atoms with van der Waals surface area (Å²) in [5.74, 6) is 1.94. The molecule has 0 aromatic heterocycles. The molecule has 1 unspecified atom stereocenters. The number of Topliss-reactive ketones (excluding diaryl/α,β-unsaturated/α-hetero) is 1. The number of carbonyl (C=O) groups is 1. The van der Waals surface area contributed by atoms with Crippen LogP contribution in [0.3, 0.4) is 0 Å². The summed E-state index contributed by atoms with van der Waals surface area (Å²) in [4.78, 5) is 12.1. The molecule has 0 N–H and O–H groups in total. The van der Waals surface area contributed by atoms with Gasteiger partial charge in [0.05, 0.1) is 0 Å². The highest BCUT2D eigenvalue weighted by molar-refractivity contribution is 5.96. The molecule has 0 spiro atoms. The van der Waals surface area contributed by atoms with Gasteiger partial charge in [-0.3, -0.25) is 4.79 Å². The predicted molar refractivity (Wildman–Crippen MR) is 78.1 cm³/mol. The van der Waals surface area contributed by atoms with Gasteiger partial charge >= 0.3 is 0 Å². The third-order valence-corrected chi connectivity index (χ3v) is 3.31. The van der Waals surface area contributed by atoms with Gasteiger partial charge in [-0.1, -0.05) is 58.9 Å². The number of rotatable bonds is 6. The van der Waals surface area contributed by atoms with Gasteiger partial charge in [0.2, 0.25) is 0 Å². The SMILES string of the molecule is CC(C)CC(C)CC(=O)c1ccc(C(C)C)cc1. The van der Waals surface area contributed by atoms with Crippen molar-refractivity contribution < 1.29 is 4.79 Å². The predicted octanol–water partition coefficient (Wildman–Crippen LogP) is 5.07. The van der Waals surface area contributed by atoms with Crippen LogP contribution in [0.15, 0.2) is 24.3 Å². The molecule has 0 fully saturated rings. The van der Waals surface area contributed by atoms with E-state index in [0.717, 1.165) is 12.0 Å². The van der Waals surface area contributed by atoms with Crippen molar-refractivity contribution in [3.63, 3.8) is 0 Å². The van der Waals surface area contributed by atoms with Crippen molar-refractivity contribution in [1.82, 2.24) is 0 Å². The van der Waals surface area contributed by atoms with Crippen molar-refractivity contribution in [3.05, 3.63) is 35.4 Å². The molecule has 0 saturated carbocycles. The van der Waals surface area contributed by atoms with Crippen LogP contribution in [0.25, 0.3) is 0 Å². The quantitative estimate of drug-likeness (QED) is 0.641. The van der Waals surface area contributed by atoms with Crippen LogP contribution in [-0.2, 0) is 0 Å². The maximum Gasteiger partial charge on any atom is 0.163 e. The van der Waals surface area contributed by atoms with E-state index in [9.17, 15) is 4.79 Å². The number of hydrogen-bond donors (Lipinski definition) is 0. The van der Waals surface area contributed by atoms with Crippen LogP contribution in [0, 0.1) is 11.8 Å². The molecular formula is C17H26O. The van der Waals surface area contributed by atoms with E-state index in [4.69, 9.17) is 0 Å². The van der Waals surface area contributed by atoms with Crippen LogP contribution in [0.5, 0.6) is 0 Å². The summed E-state index contributed by atoms with van der Waals surface area (Å²) in [5, 5.41) is 0. The second kappa shape index (κ2) is 6.72. The van der Waals surface area contributed by atoms with Crippen LogP contribution in [0.2, 0.25) is 0 Å². The number of ketones is 1. The van der Waals surface area contributed by atoms with Gasteiger partial charge in [-0.2, -0.15) is 0 Å². The molecule has 0 saturated heterocycles. The molecule has 1 heteroatoms. The summed E-state index contributed by atoms with van der Waals surface area (Å²) in [6.45, 7) is 10.9. The number of hydrogen-bond acceptors (Lipinski definition) is 1. The lowest BCUT2D eigenvalue weighted by atomic mass is 9.91. The highest BCUT2D eigenvalue weighted by atomic mass is 16.1. The van der Waals surface area contributed by atoms with Gasteiger partial charge in [0, 0.05) is 12.0 Å². The first kappa shape index (κ1) is 14.9. The molecule has 1 aromatic carbocycles. The van der Waals surface area contributed by atoms with Crippen molar-refractivity contribution in [1.29, 1.82) is 0 Å². The maximum atomic E-state index is 12.1. The first-order chi connectivity index (χ1) is 8.40. The average molecular weight is 246 g/mol. The Hall–Kier alpha value is -1.11. The molecular weight excluding hydrogens is 220 g/mol. The van der Waals surface area contributed by atoms with Crippen molar-refractivity contribution in [2.24, 2.45) is 11.8 Å². The van der Waals surface area contributed by atoms with Crippen molar-refractivity contribution in [2.45, 2.75) is 53.4 Å². The van der Waals surface area contributed by atoms with Crippen molar-refractivity contribution in [3.8, 4) is 0 Å². The largest absolute Gasteiger partial charge is 0.294 e. The molecule has 18 heavy (non-hydrogen) atoms. The molecule has 1 rings (SSSR count). The molecule has 0 bridgehead atoms. The van der Waals surface area contributed by atoms with E-state index in [1.807, 2.05) is 12.1 Å². The Bertz CT molecular complexity index is 373. The Morgan fingerprint density at radius 2 is 1.56 bits per heavy atom. The minimum atomic E-state index is 0.276. The van der Waals surface area contributed by atoms with E-state index in [1.165, 1.54) is 5.56 Å². The normalized spacial score (nSPS) is 13.1. The van der Waals surface area contributed by atoms with Crippen LogP contribution in [0.4, 0.5) is 0 Å². The van der Waals surface area contributed by atoms with E-state index in [-0.39, 0.29) is 5.78 Å². The Labute approximate surface area is 112 Å². The van der Waals surface area contributed by atoms with E-state index in [0.29, 0.717) is 24.2 Å². The lowest BCUT2D eigenvalue weighted by Gasteiger charge is -2.13. The topological polar surface area (TPSA) is 17.1 Å². The maximum absolute atomic E-state index is 12.1. The first-order valence-electron chi connectivity index (χ1n) is 7.03. The summed E-state index contributed by atoms with van der Waals surface area (Å²) in [5.41, 5.74) is 2.15. The van der Waals surface area contributed by atoms with Crippen LogP contribution < -0.4 is 0 Å². The Morgan fingerprint density at radius 3 is 2.00 bits per heavy atom. The zero-order chi connectivity index (χ0) is 13.7. The fourth-order valence-corrected chi connectivity index (χ4v) is 2.38. The summed E-state index contributed by atoms with van der Waals surface area (Å²) >= 11 is 0. The van der Waals surface area contributed by atoms with Crippen LogP contribution >= 0.6 is 0 Å². The lowest BCUT2D eigenvalue weighted by molar-refractivity contribution is 0.0960. The van der Waals surface area contributed by atoms with Crippen molar-refractivity contribution in [2.75, 3.05) is 0 Å². The number of carbonyl (C=O) groups excluding carboxylic acids is 1. The van der Waals surface area contributed by atoms with Gasteiger partial charge < -0.3 is 0 Å². The molecule has 1 nitrogen and oxygen atoms in total. The molecule has 0 aliphatic rings. The minimum Gasteiger partial charge on any atom is -0.294 e. The molecule has 1 aromatic rings. The highest BCUT2D eigenvalue weighted by Crippen LogP contribution is 2.19. The molecule has 0 heterocycles. The first-order valence-corrected chi connectivity index (χ1v) is 7.03. The highest BCUT2D eigenvalue weighted by Gasteiger charge is 2.12. The fraction of sp³-hybridized carbons (Fsp3) is 0.588. The molecule has 0 aliphatic carbocycles. The molecule has 0 amide bonds. The Kier molecular flexibility index (Phi) is 5.58. The van der Waals surface area contributed by atoms with Gasteiger partial charge in [-0.15, -0.1) is 0 Å². The summed E-state index contributed by atoms with van der Waals surface area (Å²) in [6, 6.07) is 8.09. The fourth-order valence-electron chi connectivity index (χ4n) is 2.38. The Balaban J connectivity index is 2.61.